The molecule has 1 saturated heterocycles. The predicted molar refractivity (Wildman–Crippen MR) is 33.0 cm³/mol. The molecule has 1 saturated carbocycles. The Morgan fingerprint density at radius 3 is 2.22 bits per heavy atom. The second kappa shape index (κ2) is 1.96. The van der Waals surface area contributed by atoms with E-state index in [4.69, 9.17) is 4.74 Å². The first-order valence-corrected chi connectivity index (χ1v) is 3.62. The summed E-state index contributed by atoms with van der Waals surface area (Å²) in [7, 11) is 0. The standard InChI is InChI=1S/C7H12O2/c8-7-1-5-3-9-4-6(5)2-7/h5-8H,1-4H2/t5-,6-/m0/s1. The first-order chi connectivity index (χ1) is 4.36. The van der Waals surface area contributed by atoms with Gasteiger partial charge < -0.3 is 9.84 Å². The summed E-state index contributed by atoms with van der Waals surface area (Å²) in [5.41, 5.74) is 0. The van der Waals surface area contributed by atoms with E-state index in [-0.39, 0.29) is 6.10 Å². The average molecular weight is 128 g/mol. The minimum absolute atomic E-state index is 0.0242. The van der Waals surface area contributed by atoms with E-state index in [2.05, 4.69) is 0 Å². The van der Waals surface area contributed by atoms with Crippen molar-refractivity contribution in [2.45, 2.75) is 18.9 Å². The van der Waals surface area contributed by atoms with E-state index >= 15 is 0 Å². The van der Waals surface area contributed by atoms with Gasteiger partial charge in [0, 0.05) is 13.2 Å². The number of rotatable bonds is 0. The van der Waals surface area contributed by atoms with Crippen molar-refractivity contribution in [1.29, 1.82) is 0 Å². The smallest absolute Gasteiger partial charge is 0.0547 e. The van der Waals surface area contributed by atoms with Crippen LogP contribution in [-0.4, -0.2) is 24.4 Å². The maximum atomic E-state index is 9.18. The fourth-order valence-corrected chi connectivity index (χ4v) is 1.96. The molecule has 2 aliphatic rings. The molecule has 0 radical (unpaired) electrons. The van der Waals surface area contributed by atoms with Crippen LogP contribution in [0.15, 0.2) is 0 Å². The molecule has 2 fully saturated rings. The third-order valence-electron chi connectivity index (χ3n) is 2.48. The zero-order valence-corrected chi connectivity index (χ0v) is 5.42. The maximum absolute atomic E-state index is 9.18. The summed E-state index contributed by atoms with van der Waals surface area (Å²) in [4.78, 5) is 0. The van der Waals surface area contributed by atoms with Gasteiger partial charge in [0.2, 0.25) is 0 Å². The van der Waals surface area contributed by atoms with Gasteiger partial charge in [-0.05, 0) is 24.7 Å². The second-order valence-corrected chi connectivity index (χ2v) is 3.18. The van der Waals surface area contributed by atoms with Gasteiger partial charge in [0.15, 0.2) is 0 Å². The Morgan fingerprint density at radius 2 is 1.67 bits per heavy atom. The molecular formula is C7H12O2. The summed E-state index contributed by atoms with van der Waals surface area (Å²) in [5, 5.41) is 9.18. The lowest BCUT2D eigenvalue weighted by molar-refractivity contribution is 0.125. The quantitative estimate of drug-likeness (QED) is 0.512. The highest BCUT2D eigenvalue weighted by molar-refractivity contribution is 4.86. The molecule has 0 unspecified atom stereocenters. The van der Waals surface area contributed by atoms with Crippen molar-refractivity contribution in [2.75, 3.05) is 13.2 Å². The molecule has 1 N–H and O–H groups in total. The Bertz CT molecular complexity index is 101. The molecule has 2 rings (SSSR count). The second-order valence-electron chi connectivity index (χ2n) is 3.18. The molecule has 9 heavy (non-hydrogen) atoms. The lowest BCUT2D eigenvalue weighted by Crippen LogP contribution is -2.02. The number of fused-ring (bicyclic) bond motifs is 1. The molecule has 0 aromatic rings. The number of hydrogen-bond acceptors (Lipinski definition) is 2. The first kappa shape index (κ1) is 5.69. The fraction of sp³-hybridized carbons (Fsp3) is 1.00. The normalized spacial score (nSPS) is 43.7. The van der Waals surface area contributed by atoms with E-state index in [1.807, 2.05) is 0 Å². The Morgan fingerprint density at radius 1 is 1.11 bits per heavy atom. The third kappa shape index (κ3) is 0.864. The number of aliphatic hydroxyl groups is 1. The van der Waals surface area contributed by atoms with Crippen molar-refractivity contribution < 1.29 is 9.84 Å². The van der Waals surface area contributed by atoms with Gasteiger partial charge in [-0.15, -0.1) is 0 Å². The van der Waals surface area contributed by atoms with Crippen molar-refractivity contribution in [3.8, 4) is 0 Å². The summed E-state index contributed by atoms with van der Waals surface area (Å²) in [5.74, 6) is 1.36. The van der Waals surface area contributed by atoms with Crippen LogP contribution >= 0.6 is 0 Å². The Labute approximate surface area is 54.8 Å². The molecule has 52 valence electrons. The number of hydrogen-bond donors (Lipinski definition) is 1. The van der Waals surface area contributed by atoms with Crippen LogP contribution in [-0.2, 0) is 4.74 Å². The molecule has 0 bridgehead atoms. The highest BCUT2D eigenvalue weighted by Crippen LogP contribution is 2.36. The van der Waals surface area contributed by atoms with Crippen molar-refractivity contribution in [1.82, 2.24) is 0 Å². The van der Waals surface area contributed by atoms with E-state index in [0.717, 1.165) is 26.1 Å². The van der Waals surface area contributed by atoms with Gasteiger partial charge in [-0.1, -0.05) is 0 Å². The van der Waals surface area contributed by atoms with E-state index < -0.39 is 0 Å². The SMILES string of the molecule is OC1C[C@H]2COC[C@@H]2C1. The largest absolute Gasteiger partial charge is 0.393 e. The van der Waals surface area contributed by atoms with Crippen LogP contribution in [0.3, 0.4) is 0 Å². The van der Waals surface area contributed by atoms with Gasteiger partial charge in [0.1, 0.15) is 0 Å². The average Bonchev–Trinajstić information content (AvgIpc) is 2.22. The molecule has 1 aliphatic carbocycles. The Kier molecular flexibility index (Phi) is 1.24. The van der Waals surface area contributed by atoms with Gasteiger partial charge in [0.25, 0.3) is 0 Å². The van der Waals surface area contributed by atoms with Crippen LogP contribution in [0.4, 0.5) is 0 Å². The summed E-state index contributed by atoms with van der Waals surface area (Å²) < 4.78 is 5.25. The van der Waals surface area contributed by atoms with Crippen LogP contribution in [0, 0.1) is 11.8 Å². The summed E-state index contributed by atoms with van der Waals surface area (Å²) in [6.07, 6.45) is 1.93. The summed E-state index contributed by atoms with van der Waals surface area (Å²) in [6, 6.07) is 0. The van der Waals surface area contributed by atoms with Gasteiger partial charge in [-0.25, -0.2) is 0 Å². The number of ether oxygens (including phenoxy) is 1. The molecule has 0 aromatic heterocycles. The summed E-state index contributed by atoms with van der Waals surface area (Å²) in [6.45, 7) is 1.78. The first-order valence-electron chi connectivity index (χ1n) is 3.62. The molecule has 2 heteroatoms. The van der Waals surface area contributed by atoms with Crippen molar-refractivity contribution in [3.63, 3.8) is 0 Å². The molecular weight excluding hydrogens is 116 g/mol. The van der Waals surface area contributed by atoms with E-state index in [9.17, 15) is 5.11 Å². The maximum Gasteiger partial charge on any atom is 0.0547 e. The van der Waals surface area contributed by atoms with Gasteiger partial charge in [-0.2, -0.15) is 0 Å². The van der Waals surface area contributed by atoms with Crippen LogP contribution in [0.25, 0.3) is 0 Å². The van der Waals surface area contributed by atoms with Crippen LogP contribution in [0.1, 0.15) is 12.8 Å². The van der Waals surface area contributed by atoms with E-state index in [1.54, 1.807) is 0 Å². The number of aliphatic hydroxyl groups excluding tert-OH is 1. The highest BCUT2D eigenvalue weighted by Gasteiger charge is 2.37. The third-order valence-corrected chi connectivity index (χ3v) is 2.48. The molecule has 2 atom stereocenters. The lowest BCUT2D eigenvalue weighted by Gasteiger charge is -2.00. The molecule has 2 nitrogen and oxygen atoms in total. The van der Waals surface area contributed by atoms with Crippen LogP contribution < -0.4 is 0 Å². The Hall–Kier alpha value is -0.0800. The topological polar surface area (TPSA) is 29.5 Å². The molecule has 1 heterocycles. The van der Waals surface area contributed by atoms with E-state index in [0.29, 0.717) is 11.8 Å². The van der Waals surface area contributed by atoms with Crippen LogP contribution in [0.5, 0.6) is 0 Å². The predicted octanol–water partition coefficient (Wildman–Crippen LogP) is 0.404. The minimum atomic E-state index is -0.0242. The lowest BCUT2D eigenvalue weighted by atomic mass is 10.0. The van der Waals surface area contributed by atoms with Gasteiger partial charge >= 0.3 is 0 Å². The zero-order chi connectivity index (χ0) is 6.27. The fourth-order valence-electron chi connectivity index (χ4n) is 1.96. The van der Waals surface area contributed by atoms with Crippen LogP contribution in [0.2, 0.25) is 0 Å². The van der Waals surface area contributed by atoms with Gasteiger partial charge in [0.05, 0.1) is 6.10 Å². The molecule has 0 spiro atoms. The zero-order valence-electron chi connectivity index (χ0n) is 5.42. The van der Waals surface area contributed by atoms with Crippen molar-refractivity contribution in [2.24, 2.45) is 11.8 Å². The van der Waals surface area contributed by atoms with Crippen molar-refractivity contribution in [3.05, 3.63) is 0 Å². The minimum Gasteiger partial charge on any atom is -0.393 e. The molecule has 1 aliphatic heterocycles. The van der Waals surface area contributed by atoms with E-state index in [1.165, 1.54) is 0 Å². The highest BCUT2D eigenvalue weighted by atomic mass is 16.5. The van der Waals surface area contributed by atoms with Crippen molar-refractivity contribution >= 4 is 0 Å². The molecule has 0 amide bonds. The summed E-state index contributed by atoms with van der Waals surface area (Å²) >= 11 is 0. The Balaban J connectivity index is 2.02. The van der Waals surface area contributed by atoms with Gasteiger partial charge in [-0.3, -0.25) is 0 Å². The molecule has 0 aromatic carbocycles. The monoisotopic (exact) mass is 128 g/mol.